The van der Waals surface area contributed by atoms with Crippen molar-refractivity contribution in [3.05, 3.63) is 12.3 Å². The number of alkyl halides is 1. The van der Waals surface area contributed by atoms with Crippen LogP contribution in [0.4, 0.5) is 4.39 Å². The van der Waals surface area contributed by atoms with Crippen LogP contribution in [0.1, 0.15) is 13.3 Å². The lowest BCUT2D eigenvalue weighted by Gasteiger charge is -2.04. The maximum atomic E-state index is 12.5. The lowest BCUT2D eigenvalue weighted by atomic mass is 10.4. The Hall–Kier alpha value is -0.860. The highest BCUT2D eigenvalue weighted by molar-refractivity contribution is 5.82. The SMILES string of the molecule is C=C(C)OC(=NC)C1CC1F. The summed E-state index contributed by atoms with van der Waals surface area (Å²) in [6.07, 6.45) is -0.215. The van der Waals surface area contributed by atoms with Gasteiger partial charge in [0.25, 0.3) is 0 Å². The molecule has 0 spiro atoms. The molecule has 0 amide bonds. The van der Waals surface area contributed by atoms with Crippen molar-refractivity contribution in [3.8, 4) is 0 Å². The minimum atomic E-state index is -0.756. The van der Waals surface area contributed by atoms with Crippen molar-refractivity contribution in [1.29, 1.82) is 0 Å². The summed E-state index contributed by atoms with van der Waals surface area (Å²) in [4.78, 5) is 3.83. The number of hydrogen-bond donors (Lipinski definition) is 0. The van der Waals surface area contributed by atoms with Crippen molar-refractivity contribution < 1.29 is 9.13 Å². The quantitative estimate of drug-likeness (QED) is 0.341. The monoisotopic (exact) mass is 157 g/mol. The van der Waals surface area contributed by atoms with Gasteiger partial charge in [-0.3, -0.25) is 4.99 Å². The van der Waals surface area contributed by atoms with Crippen molar-refractivity contribution in [2.75, 3.05) is 7.05 Å². The Morgan fingerprint density at radius 2 is 2.27 bits per heavy atom. The largest absolute Gasteiger partial charge is 0.448 e. The van der Waals surface area contributed by atoms with E-state index in [0.717, 1.165) is 0 Å². The van der Waals surface area contributed by atoms with Crippen LogP contribution in [0.3, 0.4) is 0 Å². The molecule has 1 saturated carbocycles. The highest BCUT2D eigenvalue weighted by Gasteiger charge is 2.43. The van der Waals surface area contributed by atoms with Gasteiger partial charge in [-0.15, -0.1) is 0 Å². The fourth-order valence-corrected chi connectivity index (χ4v) is 0.885. The van der Waals surface area contributed by atoms with Crippen LogP contribution in [0.2, 0.25) is 0 Å². The maximum Gasteiger partial charge on any atom is 0.195 e. The van der Waals surface area contributed by atoms with Crippen LogP contribution in [0.15, 0.2) is 17.3 Å². The van der Waals surface area contributed by atoms with Crippen LogP contribution in [0.25, 0.3) is 0 Å². The minimum Gasteiger partial charge on any atom is -0.448 e. The Morgan fingerprint density at radius 1 is 1.73 bits per heavy atom. The number of hydrogen-bond acceptors (Lipinski definition) is 2. The van der Waals surface area contributed by atoms with E-state index in [-0.39, 0.29) is 5.92 Å². The first-order valence-corrected chi connectivity index (χ1v) is 3.59. The summed E-state index contributed by atoms with van der Waals surface area (Å²) in [6, 6.07) is 0. The Morgan fingerprint density at radius 3 is 2.55 bits per heavy atom. The molecule has 0 saturated heterocycles. The molecule has 0 heterocycles. The molecular formula is C8H12FNO. The molecule has 2 unspecified atom stereocenters. The second-order valence-electron chi connectivity index (χ2n) is 2.72. The topological polar surface area (TPSA) is 21.6 Å². The van der Waals surface area contributed by atoms with Crippen LogP contribution in [0, 0.1) is 5.92 Å². The zero-order valence-corrected chi connectivity index (χ0v) is 6.80. The lowest BCUT2D eigenvalue weighted by Crippen LogP contribution is -2.07. The molecule has 0 aromatic rings. The molecule has 0 aromatic carbocycles. The molecule has 1 aliphatic carbocycles. The molecule has 0 N–H and O–H groups in total. The molecule has 11 heavy (non-hydrogen) atoms. The van der Waals surface area contributed by atoms with Gasteiger partial charge in [0.1, 0.15) is 6.17 Å². The van der Waals surface area contributed by atoms with E-state index in [4.69, 9.17) is 4.74 Å². The fraction of sp³-hybridized carbons (Fsp3) is 0.625. The van der Waals surface area contributed by atoms with Crippen LogP contribution in [0.5, 0.6) is 0 Å². The number of ether oxygens (including phenoxy) is 1. The molecule has 3 heteroatoms. The summed E-state index contributed by atoms with van der Waals surface area (Å²) >= 11 is 0. The molecule has 0 radical (unpaired) electrons. The van der Waals surface area contributed by atoms with Gasteiger partial charge in [-0.25, -0.2) is 4.39 Å². The molecule has 1 rings (SSSR count). The third-order valence-corrected chi connectivity index (χ3v) is 1.53. The van der Waals surface area contributed by atoms with Crippen LogP contribution in [-0.2, 0) is 4.74 Å². The van der Waals surface area contributed by atoms with E-state index in [2.05, 4.69) is 11.6 Å². The second-order valence-corrected chi connectivity index (χ2v) is 2.72. The zero-order chi connectivity index (χ0) is 8.43. The number of rotatable bonds is 2. The molecule has 2 nitrogen and oxygen atoms in total. The summed E-state index contributed by atoms with van der Waals surface area (Å²) in [5.41, 5.74) is 0. The van der Waals surface area contributed by atoms with Crippen LogP contribution >= 0.6 is 0 Å². The Balaban J connectivity index is 2.45. The highest BCUT2D eigenvalue weighted by Crippen LogP contribution is 2.35. The number of aliphatic imine (C=N–C) groups is 1. The smallest absolute Gasteiger partial charge is 0.195 e. The van der Waals surface area contributed by atoms with Crippen molar-refractivity contribution in [3.63, 3.8) is 0 Å². The summed E-state index contributed by atoms with van der Waals surface area (Å²) in [7, 11) is 1.60. The number of allylic oxidation sites excluding steroid dienone is 1. The van der Waals surface area contributed by atoms with Gasteiger partial charge in [0, 0.05) is 7.05 Å². The summed E-state index contributed by atoms with van der Waals surface area (Å²) < 4.78 is 17.6. The molecule has 1 aliphatic rings. The van der Waals surface area contributed by atoms with Crippen LogP contribution in [-0.4, -0.2) is 19.1 Å². The van der Waals surface area contributed by atoms with Gasteiger partial charge in [-0.2, -0.15) is 0 Å². The Bertz CT molecular complexity index is 200. The highest BCUT2D eigenvalue weighted by atomic mass is 19.1. The Labute approximate surface area is 65.8 Å². The predicted octanol–water partition coefficient (Wildman–Crippen LogP) is 1.92. The number of halogens is 1. The normalized spacial score (nSPS) is 29.9. The third kappa shape index (κ3) is 2.03. The van der Waals surface area contributed by atoms with Crippen molar-refractivity contribution in [1.82, 2.24) is 0 Å². The summed E-state index contributed by atoms with van der Waals surface area (Å²) in [6.45, 7) is 5.28. The van der Waals surface area contributed by atoms with Gasteiger partial charge >= 0.3 is 0 Å². The third-order valence-electron chi connectivity index (χ3n) is 1.53. The van der Waals surface area contributed by atoms with Gasteiger partial charge in [0.2, 0.25) is 0 Å². The van der Waals surface area contributed by atoms with E-state index < -0.39 is 6.17 Å². The molecule has 2 atom stereocenters. The van der Waals surface area contributed by atoms with E-state index in [1.165, 1.54) is 0 Å². The molecule has 0 aliphatic heterocycles. The molecule has 1 fully saturated rings. The molecule has 0 bridgehead atoms. The van der Waals surface area contributed by atoms with Crippen molar-refractivity contribution in [2.24, 2.45) is 10.9 Å². The van der Waals surface area contributed by atoms with Crippen molar-refractivity contribution in [2.45, 2.75) is 19.5 Å². The first-order chi connectivity index (χ1) is 5.15. The van der Waals surface area contributed by atoms with E-state index >= 15 is 0 Å². The van der Waals surface area contributed by atoms with Gasteiger partial charge in [-0.1, -0.05) is 6.58 Å². The van der Waals surface area contributed by atoms with Gasteiger partial charge < -0.3 is 4.74 Å². The lowest BCUT2D eigenvalue weighted by molar-refractivity contribution is 0.385. The zero-order valence-electron chi connectivity index (χ0n) is 6.80. The average molecular weight is 157 g/mol. The number of nitrogens with zero attached hydrogens (tertiary/aromatic N) is 1. The van der Waals surface area contributed by atoms with E-state index in [1.54, 1.807) is 14.0 Å². The first kappa shape index (κ1) is 8.24. The van der Waals surface area contributed by atoms with E-state index in [0.29, 0.717) is 18.1 Å². The van der Waals surface area contributed by atoms with Gasteiger partial charge in [-0.05, 0) is 13.3 Å². The first-order valence-electron chi connectivity index (χ1n) is 3.59. The Kier molecular flexibility index (Phi) is 2.27. The van der Waals surface area contributed by atoms with E-state index in [9.17, 15) is 4.39 Å². The maximum absolute atomic E-state index is 12.5. The second kappa shape index (κ2) is 3.03. The van der Waals surface area contributed by atoms with Crippen molar-refractivity contribution >= 4 is 5.90 Å². The van der Waals surface area contributed by atoms with E-state index in [1.807, 2.05) is 0 Å². The average Bonchev–Trinajstić information content (AvgIpc) is 2.61. The molecule has 62 valence electrons. The van der Waals surface area contributed by atoms with Gasteiger partial charge in [0.05, 0.1) is 11.7 Å². The molecule has 0 aromatic heterocycles. The fourth-order valence-electron chi connectivity index (χ4n) is 0.885. The minimum absolute atomic E-state index is 0.114. The standard InChI is InChI=1S/C8H12FNO/c1-5(2)11-8(10-3)6-4-7(6)9/h6-7H,1,4H2,2-3H3. The summed E-state index contributed by atoms with van der Waals surface area (Å²) in [5.74, 6) is 0.923. The predicted molar refractivity (Wildman–Crippen MR) is 42.3 cm³/mol. The van der Waals surface area contributed by atoms with Crippen LogP contribution < -0.4 is 0 Å². The molecular weight excluding hydrogens is 145 g/mol. The van der Waals surface area contributed by atoms with Gasteiger partial charge in [0.15, 0.2) is 5.90 Å². The summed E-state index contributed by atoms with van der Waals surface area (Å²) in [5, 5.41) is 0.